The first-order chi connectivity index (χ1) is 13.0. The van der Waals surface area contributed by atoms with E-state index in [0.29, 0.717) is 31.5 Å². The number of anilines is 1. The van der Waals surface area contributed by atoms with Crippen molar-refractivity contribution in [2.45, 2.75) is 45.6 Å². The highest BCUT2D eigenvalue weighted by atomic mass is 16.2. The Morgan fingerprint density at radius 2 is 1.74 bits per heavy atom. The highest BCUT2D eigenvalue weighted by Crippen LogP contribution is 2.26. The molecule has 0 aromatic heterocycles. The molecule has 2 aliphatic rings. The minimum Gasteiger partial charge on any atom is -0.325 e. The van der Waals surface area contributed by atoms with Crippen LogP contribution < -0.4 is 4.90 Å². The number of amides is 3. The summed E-state index contributed by atoms with van der Waals surface area (Å²) in [5.74, 6) is 0.00845. The van der Waals surface area contributed by atoms with Crippen molar-refractivity contribution in [3.05, 3.63) is 29.8 Å². The summed E-state index contributed by atoms with van der Waals surface area (Å²) in [5.41, 5.74) is 1.32. The molecule has 6 nitrogen and oxygen atoms in total. The molecule has 2 heterocycles. The average Bonchev–Trinajstić information content (AvgIpc) is 3.22. The lowest BCUT2D eigenvalue weighted by Crippen LogP contribution is -2.49. The van der Waals surface area contributed by atoms with Crippen LogP contribution in [0.5, 0.6) is 0 Å². The molecule has 3 rings (SSSR count). The molecule has 1 aromatic carbocycles. The fourth-order valence-corrected chi connectivity index (χ4v) is 4.03. The lowest BCUT2D eigenvalue weighted by Gasteiger charge is -2.37. The van der Waals surface area contributed by atoms with E-state index < -0.39 is 0 Å². The van der Waals surface area contributed by atoms with Crippen LogP contribution in [0.3, 0.4) is 0 Å². The molecule has 0 spiro atoms. The number of hydrogen-bond acceptors (Lipinski definition) is 3. The van der Waals surface area contributed by atoms with Gasteiger partial charge < -0.3 is 14.7 Å². The molecule has 27 heavy (non-hydrogen) atoms. The molecule has 0 aliphatic carbocycles. The maximum absolute atomic E-state index is 13.2. The van der Waals surface area contributed by atoms with Gasteiger partial charge in [0, 0.05) is 43.8 Å². The first-order valence-electron chi connectivity index (χ1n) is 9.88. The van der Waals surface area contributed by atoms with Crippen molar-refractivity contribution < 1.29 is 9.59 Å². The van der Waals surface area contributed by atoms with Crippen LogP contribution in [0.2, 0.25) is 0 Å². The predicted octanol–water partition coefficient (Wildman–Crippen LogP) is 3.23. The Bertz CT molecular complexity index is 726. The third kappa shape index (κ3) is 4.24. The predicted molar refractivity (Wildman–Crippen MR) is 104 cm³/mol. The van der Waals surface area contributed by atoms with E-state index >= 15 is 0 Å². The van der Waals surface area contributed by atoms with Crippen molar-refractivity contribution in [3.63, 3.8) is 0 Å². The van der Waals surface area contributed by atoms with Crippen LogP contribution in [0, 0.1) is 17.2 Å². The van der Waals surface area contributed by atoms with Gasteiger partial charge >= 0.3 is 6.03 Å². The zero-order valence-corrected chi connectivity index (χ0v) is 16.2. The number of benzene rings is 1. The van der Waals surface area contributed by atoms with Crippen molar-refractivity contribution in [1.82, 2.24) is 9.80 Å². The molecule has 0 bridgehead atoms. The van der Waals surface area contributed by atoms with Crippen LogP contribution in [-0.4, -0.2) is 54.0 Å². The van der Waals surface area contributed by atoms with Crippen LogP contribution in [0.15, 0.2) is 24.3 Å². The highest BCUT2D eigenvalue weighted by molar-refractivity contribution is 5.95. The van der Waals surface area contributed by atoms with E-state index in [1.807, 2.05) is 35.8 Å². The Morgan fingerprint density at radius 1 is 1.11 bits per heavy atom. The summed E-state index contributed by atoms with van der Waals surface area (Å²) in [6, 6.07) is 9.48. The van der Waals surface area contributed by atoms with Crippen LogP contribution in [-0.2, 0) is 4.79 Å². The number of rotatable bonds is 3. The van der Waals surface area contributed by atoms with E-state index in [-0.39, 0.29) is 23.9 Å². The van der Waals surface area contributed by atoms with Crippen LogP contribution in [0.25, 0.3) is 0 Å². The molecule has 0 atom stereocenters. The van der Waals surface area contributed by atoms with Gasteiger partial charge in [0.05, 0.1) is 11.6 Å². The third-order valence-corrected chi connectivity index (χ3v) is 5.50. The number of likely N-dealkylation sites (tertiary alicyclic amines) is 2. The average molecular weight is 368 g/mol. The summed E-state index contributed by atoms with van der Waals surface area (Å²) in [7, 11) is 0. The largest absolute Gasteiger partial charge is 0.325 e. The molecular formula is C21H28N4O2. The molecule has 144 valence electrons. The SMILES string of the molecule is CC(C)N(C(=O)C1CCN(C(=O)N2CCCC2)CC1)c1cccc(C#N)c1. The molecule has 2 aliphatic heterocycles. The molecule has 0 unspecified atom stereocenters. The van der Waals surface area contributed by atoms with Crippen molar-refractivity contribution in [3.8, 4) is 6.07 Å². The van der Waals surface area contributed by atoms with Gasteiger partial charge in [-0.3, -0.25) is 4.79 Å². The number of carbonyl (C=O) groups excluding carboxylic acids is 2. The molecule has 6 heteroatoms. The summed E-state index contributed by atoms with van der Waals surface area (Å²) in [6.07, 6.45) is 3.57. The second kappa shape index (κ2) is 8.43. The van der Waals surface area contributed by atoms with Gasteiger partial charge in [0.15, 0.2) is 0 Å². The van der Waals surface area contributed by atoms with E-state index in [0.717, 1.165) is 31.6 Å². The van der Waals surface area contributed by atoms with E-state index in [2.05, 4.69) is 6.07 Å². The van der Waals surface area contributed by atoms with E-state index in [4.69, 9.17) is 5.26 Å². The van der Waals surface area contributed by atoms with Gasteiger partial charge in [-0.1, -0.05) is 6.07 Å². The number of carbonyl (C=O) groups is 2. The molecule has 1 aromatic rings. The number of nitriles is 1. The van der Waals surface area contributed by atoms with Crippen molar-refractivity contribution in [1.29, 1.82) is 5.26 Å². The molecule has 3 amide bonds. The summed E-state index contributed by atoms with van der Waals surface area (Å²) in [5, 5.41) is 9.15. The van der Waals surface area contributed by atoms with E-state index in [1.54, 1.807) is 17.0 Å². The Balaban J connectivity index is 1.65. The molecule has 2 saturated heterocycles. The summed E-state index contributed by atoms with van der Waals surface area (Å²) < 4.78 is 0. The van der Waals surface area contributed by atoms with Gasteiger partial charge in [-0.05, 0) is 57.7 Å². The summed E-state index contributed by atoms with van der Waals surface area (Å²) in [4.78, 5) is 31.4. The van der Waals surface area contributed by atoms with Crippen LogP contribution >= 0.6 is 0 Å². The van der Waals surface area contributed by atoms with Gasteiger partial charge in [0.1, 0.15) is 0 Å². The minimum atomic E-state index is -0.0826. The summed E-state index contributed by atoms with van der Waals surface area (Å²) in [6.45, 7) is 6.96. The molecule has 0 N–H and O–H groups in total. The lowest BCUT2D eigenvalue weighted by atomic mass is 9.94. The Morgan fingerprint density at radius 3 is 2.33 bits per heavy atom. The number of urea groups is 1. The third-order valence-electron chi connectivity index (χ3n) is 5.50. The number of piperidine rings is 1. The normalized spacial score (nSPS) is 17.9. The first kappa shape index (κ1) is 19.2. The van der Waals surface area contributed by atoms with Crippen LogP contribution in [0.4, 0.5) is 10.5 Å². The Kier molecular flexibility index (Phi) is 6.00. The Labute approximate surface area is 161 Å². The molecular weight excluding hydrogens is 340 g/mol. The number of nitrogens with zero attached hydrogens (tertiary/aromatic N) is 4. The maximum atomic E-state index is 13.2. The zero-order valence-electron chi connectivity index (χ0n) is 16.2. The standard InChI is InChI=1S/C21H28N4O2/c1-16(2)25(19-7-5-6-17(14-19)15-22)20(26)18-8-12-24(13-9-18)21(27)23-10-3-4-11-23/h5-7,14,16,18H,3-4,8-13H2,1-2H3. The lowest BCUT2D eigenvalue weighted by molar-refractivity contribution is -0.124. The smallest absolute Gasteiger partial charge is 0.319 e. The topological polar surface area (TPSA) is 67.7 Å². The van der Waals surface area contributed by atoms with E-state index in [9.17, 15) is 9.59 Å². The van der Waals surface area contributed by atoms with Crippen molar-refractivity contribution in [2.75, 3.05) is 31.1 Å². The fraction of sp³-hybridized carbons (Fsp3) is 0.571. The quantitative estimate of drug-likeness (QED) is 0.823. The van der Waals surface area contributed by atoms with Crippen LogP contribution in [0.1, 0.15) is 45.1 Å². The second-order valence-corrected chi connectivity index (χ2v) is 7.70. The molecule has 2 fully saturated rings. The van der Waals surface area contributed by atoms with Gasteiger partial charge in [0.25, 0.3) is 0 Å². The molecule has 0 radical (unpaired) electrons. The van der Waals surface area contributed by atoms with Crippen molar-refractivity contribution >= 4 is 17.6 Å². The highest BCUT2D eigenvalue weighted by Gasteiger charge is 2.33. The monoisotopic (exact) mass is 368 g/mol. The van der Waals surface area contributed by atoms with E-state index in [1.165, 1.54) is 0 Å². The Hall–Kier alpha value is -2.55. The van der Waals surface area contributed by atoms with Gasteiger partial charge in [0.2, 0.25) is 5.91 Å². The first-order valence-corrected chi connectivity index (χ1v) is 9.88. The van der Waals surface area contributed by atoms with Gasteiger partial charge in [-0.2, -0.15) is 5.26 Å². The zero-order chi connectivity index (χ0) is 19.4. The van der Waals surface area contributed by atoms with Gasteiger partial charge in [-0.15, -0.1) is 0 Å². The maximum Gasteiger partial charge on any atom is 0.319 e. The minimum absolute atomic E-state index is 0.00991. The van der Waals surface area contributed by atoms with Crippen molar-refractivity contribution in [2.24, 2.45) is 5.92 Å². The summed E-state index contributed by atoms with van der Waals surface area (Å²) >= 11 is 0. The fourth-order valence-electron chi connectivity index (χ4n) is 4.03. The second-order valence-electron chi connectivity index (χ2n) is 7.70. The molecule has 0 saturated carbocycles. The van der Waals surface area contributed by atoms with Gasteiger partial charge in [-0.25, -0.2) is 4.79 Å². The number of hydrogen-bond donors (Lipinski definition) is 0.